The maximum Gasteiger partial charge on any atom is 0.388 e. The van der Waals surface area contributed by atoms with Crippen LogP contribution in [0.25, 0.3) is 0 Å². The highest BCUT2D eigenvalue weighted by molar-refractivity contribution is 7.01. The highest BCUT2D eigenvalue weighted by Gasteiger charge is 2.50. The molecule has 0 saturated heterocycles. The van der Waals surface area contributed by atoms with Gasteiger partial charge in [0.05, 0.1) is 0 Å². The van der Waals surface area contributed by atoms with Crippen LogP contribution in [0.15, 0.2) is 60.7 Å². The number of hydrogen-bond acceptors (Lipinski definition) is 5. The molecule has 0 bridgehead atoms. The van der Waals surface area contributed by atoms with Crippen LogP contribution in [0.5, 0.6) is 0 Å². The molecule has 2 aromatic rings. The minimum absolute atomic E-state index is 1.000. The Morgan fingerprint density at radius 2 is 1.12 bits per heavy atom. The Morgan fingerprint density at radius 3 is 1.46 bits per heavy atom. The number of hydrogen-bond donors (Lipinski definition) is 2. The van der Waals surface area contributed by atoms with Gasteiger partial charge in [-0.2, -0.15) is 0 Å². The Kier molecular flexibility index (Phi) is 5.94. The van der Waals surface area contributed by atoms with Crippen molar-refractivity contribution in [1.82, 2.24) is 0 Å². The summed E-state index contributed by atoms with van der Waals surface area (Å²) in [5.74, 6) is 5.52. The van der Waals surface area contributed by atoms with Crippen LogP contribution in [0.1, 0.15) is 0 Å². The van der Waals surface area contributed by atoms with Crippen LogP contribution in [-0.2, 0) is 12.8 Å². The Hall–Kier alpha value is -1.11. The van der Waals surface area contributed by atoms with Gasteiger partial charge in [-0.25, -0.2) is 5.90 Å². The van der Waals surface area contributed by atoms with Crippen molar-refractivity contribution in [2.24, 2.45) is 11.3 Å². The van der Waals surface area contributed by atoms with Crippen LogP contribution in [0.3, 0.4) is 0 Å². The summed E-state index contributed by atoms with van der Waals surface area (Å²) < 4.78 is 18.4. The first kappa shape index (κ1) is 19.2. The quantitative estimate of drug-likeness (QED) is 0.564. The molecule has 0 aliphatic carbocycles. The number of benzene rings is 2. The van der Waals surface area contributed by atoms with Crippen molar-refractivity contribution in [3.63, 3.8) is 0 Å². The van der Waals surface area contributed by atoms with Crippen LogP contribution in [0.4, 0.5) is 0 Å². The first-order valence-corrected chi connectivity index (χ1v) is 15.5. The molecule has 8 heteroatoms. The Morgan fingerprint density at radius 1 is 0.708 bits per heavy atom. The fraction of sp³-hybridized carbons (Fsp3) is 0.250. The maximum absolute atomic E-state index is 6.59. The lowest BCUT2D eigenvalue weighted by Gasteiger charge is -2.40. The van der Waals surface area contributed by atoms with Gasteiger partial charge in [-0.05, 0) is 36.6 Å². The Balaban J connectivity index is 2.68. The Bertz CT molecular complexity index is 609. The first-order chi connectivity index (χ1) is 11.2. The van der Waals surface area contributed by atoms with Crippen LogP contribution in [0.2, 0.25) is 26.2 Å². The van der Waals surface area contributed by atoms with E-state index in [2.05, 4.69) is 0 Å². The van der Waals surface area contributed by atoms with Crippen LogP contribution in [-0.4, -0.2) is 25.6 Å². The molecule has 0 saturated carbocycles. The second-order valence-corrected chi connectivity index (χ2v) is 16.9. The molecule has 130 valence electrons. The van der Waals surface area contributed by atoms with E-state index in [1.807, 2.05) is 86.9 Å². The molecule has 5 nitrogen and oxygen atoms in total. The lowest BCUT2D eigenvalue weighted by molar-refractivity contribution is 0.241. The average molecular weight is 379 g/mol. The third-order valence-electron chi connectivity index (χ3n) is 3.39. The third kappa shape index (κ3) is 4.71. The van der Waals surface area contributed by atoms with Gasteiger partial charge in [0.1, 0.15) is 0 Å². The van der Waals surface area contributed by atoms with Gasteiger partial charge < -0.3 is 18.2 Å². The van der Waals surface area contributed by atoms with E-state index in [4.69, 9.17) is 24.1 Å². The zero-order valence-corrected chi connectivity index (χ0v) is 17.7. The van der Waals surface area contributed by atoms with Crippen molar-refractivity contribution < 1.29 is 12.8 Å². The second-order valence-electron chi connectivity index (χ2n) is 6.67. The van der Waals surface area contributed by atoms with Gasteiger partial charge in [0.25, 0.3) is 8.48 Å². The molecule has 2 rings (SSSR count). The van der Waals surface area contributed by atoms with Crippen LogP contribution < -0.4 is 21.7 Å². The fourth-order valence-corrected chi connectivity index (χ4v) is 12.4. The summed E-state index contributed by atoms with van der Waals surface area (Å²) in [4.78, 5) is 0. The predicted octanol–water partition coefficient (Wildman–Crippen LogP) is 1.53. The summed E-state index contributed by atoms with van der Waals surface area (Å²) in [6.07, 6.45) is 0. The van der Waals surface area contributed by atoms with Gasteiger partial charge in [-0.15, -0.1) is 0 Å². The molecular formula is C16H26N2O3Si3. The van der Waals surface area contributed by atoms with Crippen LogP contribution >= 0.6 is 0 Å². The van der Waals surface area contributed by atoms with Crippen molar-refractivity contribution in [3.05, 3.63) is 60.7 Å². The minimum atomic E-state index is -3.05. The first-order valence-electron chi connectivity index (χ1n) is 7.87. The number of rotatable bonds is 7. The normalized spacial score (nSPS) is 13.1. The maximum atomic E-state index is 6.59. The van der Waals surface area contributed by atoms with E-state index in [0.29, 0.717) is 0 Å². The standard InChI is InChI=1S/C16H26N2O3Si3/c1-22(2,18)20-24(21-23(3,4)19-17,15-11-7-5-8-12-15)16-13-9-6-10-14-16/h5-14H,17-18H2,1-4H3. The van der Waals surface area contributed by atoms with Crippen molar-refractivity contribution in [2.75, 3.05) is 0 Å². The molecule has 0 radical (unpaired) electrons. The van der Waals surface area contributed by atoms with E-state index in [-0.39, 0.29) is 0 Å². The molecule has 0 atom stereocenters. The van der Waals surface area contributed by atoms with Crippen LogP contribution in [0, 0.1) is 0 Å². The van der Waals surface area contributed by atoms with Gasteiger partial charge in [-0.3, -0.25) is 0 Å². The van der Waals surface area contributed by atoms with Gasteiger partial charge >= 0.3 is 17.1 Å². The Labute approximate surface area is 147 Å². The molecular weight excluding hydrogens is 352 g/mol. The summed E-state index contributed by atoms with van der Waals surface area (Å²) in [5.41, 5.74) is 0. The summed E-state index contributed by atoms with van der Waals surface area (Å²) >= 11 is 0. The predicted molar refractivity (Wildman–Crippen MR) is 104 cm³/mol. The van der Waals surface area contributed by atoms with E-state index in [0.717, 1.165) is 10.4 Å². The third-order valence-corrected chi connectivity index (χ3v) is 12.5. The van der Waals surface area contributed by atoms with Gasteiger partial charge in [-0.1, -0.05) is 60.7 Å². The molecule has 0 aliphatic rings. The lowest BCUT2D eigenvalue weighted by atomic mass is 10.4. The van der Waals surface area contributed by atoms with E-state index in [1.54, 1.807) is 0 Å². The topological polar surface area (TPSA) is 79.7 Å². The van der Waals surface area contributed by atoms with Gasteiger partial charge in [0, 0.05) is 0 Å². The monoisotopic (exact) mass is 378 g/mol. The largest absolute Gasteiger partial charge is 0.417 e. The van der Waals surface area contributed by atoms with Crippen molar-refractivity contribution >= 4 is 36.0 Å². The van der Waals surface area contributed by atoms with E-state index in [9.17, 15) is 0 Å². The number of nitrogens with two attached hydrogens (primary N) is 2. The minimum Gasteiger partial charge on any atom is -0.417 e. The molecule has 0 aliphatic heterocycles. The average Bonchev–Trinajstić information content (AvgIpc) is 2.54. The van der Waals surface area contributed by atoms with E-state index in [1.165, 1.54) is 0 Å². The molecule has 4 N–H and O–H groups in total. The molecule has 0 heterocycles. The molecule has 2 aromatic carbocycles. The molecule has 0 aromatic heterocycles. The molecule has 0 amide bonds. The van der Waals surface area contributed by atoms with Crippen molar-refractivity contribution in [1.29, 1.82) is 0 Å². The van der Waals surface area contributed by atoms with Crippen molar-refractivity contribution in [2.45, 2.75) is 26.2 Å². The summed E-state index contributed by atoms with van der Waals surface area (Å²) in [6.45, 7) is 7.74. The lowest BCUT2D eigenvalue weighted by Crippen LogP contribution is -2.72. The zero-order valence-electron chi connectivity index (χ0n) is 14.7. The summed E-state index contributed by atoms with van der Waals surface area (Å²) in [7, 11) is -8.05. The van der Waals surface area contributed by atoms with Gasteiger partial charge in [0.15, 0.2) is 0 Å². The van der Waals surface area contributed by atoms with Crippen molar-refractivity contribution in [3.8, 4) is 0 Å². The van der Waals surface area contributed by atoms with E-state index < -0.39 is 25.6 Å². The highest BCUT2D eigenvalue weighted by Crippen LogP contribution is 2.19. The summed E-state index contributed by atoms with van der Waals surface area (Å²) in [5, 5.41) is 8.37. The molecule has 0 spiro atoms. The zero-order chi connectivity index (χ0) is 17.8. The SMILES string of the molecule is C[Si](C)(N)O[Si](O[Si](C)(C)ON)(c1ccccc1)c1ccccc1. The highest BCUT2D eigenvalue weighted by atomic mass is 28.5. The second kappa shape index (κ2) is 7.42. The van der Waals surface area contributed by atoms with Gasteiger partial charge in [0.2, 0.25) is 0 Å². The molecule has 0 unspecified atom stereocenters. The fourth-order valence-electron chi connectivity index (χ4n) is 2.48. The smallest absolute Gasteiger partial charge is 0.388 e. The summed E-state index contributed by atoms with van der Waals surface area (Å²) in [6, 6.07) is 20.0. The molecule has 24 heavy (non-hydrogen) atoms. The molecule has 0 fully saturated rings. The van der Waals surface area contributed by atoms with E-state index >= 15 is 0 Å².